The van der Waals surface area contributed by atoms with Crippen LogP contribution in [0.3, 0.4) is 0 Å². The molecule has 1 aromatic heterocycles. The van der Waals surface area contributed by atoms with E-state index in [-0.39, 0.29) is 0 Å². The Hall–Kier alpha value is -2.19. The summed E-state index contributed by atoms with van der Waals surface area (Å²) in [6, 6.07) is 19.4. The highest BCUT2D eigenvalue weighted by Gasteiger charge is 2.06. The van der Waals surface area contributed by atoms with E-state index in [0.717, 1.165) is 12.1 Å². The van der Waals surface area contributed by atoms with Crippen molar-refractivity contribution in [1.82, 2.24) is 10.3 Å². The molecule has 1 atom stereocenters. The molecule has 0 unspecified atom stereocenters. The number of para-hydroxylation sites is 1. The standard InChI is InChI=1S/C19H20N2/c1-14-7-9-16(10-8-14)15(2)21-13-17-11-12-20-19-6-4-3-5-18(17)19/h3-12,15,21H,13H2,1-2H3/t15-/m1/s1. The van der Waals surface area contributed by atoms with Crippen molar-refractivity contribution in [3.63, 3.8) is 0 Å². The SMILES string of the molecule is Cc1ccc([C@@H](C)NCc2ccnc3ccccc23)cc1. The molecule has 0 radical (unpaired) electrons. The van der Waals surface area contributed by atoms with E-state index in [4.69, 9.17) is 0 Å². The number of aromatic nitrogens is 1. The lowest BCUT2D eigenvalue weighted by atomic mass is 10.1. The van der Waals surface area contributed by atoms with Gasteiger partial charge in [0.1, 0.15) is 0 Å². The number of pyridine rings is 1. The van der Waals surface area contributed by atoms with E-state index < -0.39 is 0 Å². The summed E-state index contributed by atoms with van der Waals surface area (Å²) in [5, 5.41) is 4.82. The Kier molecular flexibility index (Phi) is 3.98. The minimum atomic E-state index is 0.331. The Morgan fingerprint density at radius 1 is 1.00 bits per heavy atom. The van der Waals surface area contributed by atoms with Crippen LogP contribution >= 0.6 is 0 Å². The van der Waals surface area contributed by atoms with E-state index in [1.165, 1.54) is 22.1 Å². The second-order valence-corrected chi connectivity index (χ2v) is 5.50. The van der Waals surface area contributed by atoms with Crippen LogP contribution in [0.5, 0.6) is 0 Å². The number of hydrogen-bond donors (Lipinski definition) is 1. The zero-order valence-electron chi connectivity index (χ0n) is 12.5. The highest BCUT2D eigenvalue weighted by atomic mass is 14.9. The number of hydrogen-bond acceptors (Lipinski definition) is 2. The van der Waals surface area contributed by atoms with Gasteiger partial charge in [0.25, 0.3) is 0 Å². The predicted octanol–water partition coefficient (Wildman–Crippen LogP) is 4.39. The van der Waals surface area contributed by atoms with Gasteiger partial charge in [-0.1, -0.05) is 48.0 Å². The minimum absolute atomic E-state index is 0.331. The maximum absolute atomic E-state index is 4.41. The molecule has 0 aliphatic carbocycles. The molecule has 0 aliphatic heterocycles. The highest BCUT2D eigenvalue weighted by Crippen LogP contribution is 2.18. The fraction of sp³-hybridized carbons (Fsp3) is 0.211. The predicted molar refractivity (Wildman–Crippen MR) is 88.2 cm³/mol. The fourth-order valence-electron chi connectivity index (χ4n) is 2.55. The molecule has 0 amide bonds. The maximum Gasteiger partial charge on any atom is 0.0705 e. The van der Waals surface area contributed by atoms with Crippen LogP contribution in [0.15, 0.2) is 60.8 Å². The van der Waals surface area contributed by atoms with Crippen LogP contribution in [-0.2, 0) is 6.54 Å². The zero-order valence-corrected chi connectivity index (χ0v) is 12.5. The molecule has 2 nitrogen and oxygen atoms in total. The van der Waals surface area contributed by atoms with Crippen LogP contribution in [0.1, 0.15) is 29.7 Å². The molecule has 0 aliphatic rings. The number of nitrogens with zero attached hydrogens (tertiary/aromatic N) is 1. The van der Waals surface area contributed by atoms with Crippen molar-refractivity contribution in [2.24, 2.45) is 0 Å². The van der Waals surface area contributed by atoms with Crippen molar-refractivity contribution >= 4 is 10.9 Å². The molecule has 1 N–H and O–H groups in total. The summed E-state index contributed by atoms with van der Waals surface area (Å²) in [5.74, 6) is 0. The molecule has 0 spiro atoms. The molecular formula is C19H20N2. The van der Waals surface area contributed by atoms with Crippen LogP contribution < -0.4 is 5.32 Å². The topological polar surface area (TPSA) is 24.9 Å². The average molecular weight is 276 g/mol. The molecule has 3 rings (SSSR count). The van der Waals surface area contributed by atoms with Gasteiger partial charge in [-0.15, -0.1) is 0 Å². The van der Waals surface area contributed by atoms with Gasteiger partial charge in [-0.2, -0.15) is 0 Å². The largest absolute Gasteiger partial charge is 0.306 e. The third-order valence-corrected chi connectivity index (χ3v) is 3.92. The summed E-state index contributed by atoms with van der Waals surface area (Å²) < 4.78 is 0. The van der Waals surface area contributed by atoms with Gasteiger partial charge in [0.2, 0.25) is 0 Å². The van der Waals surface area contributed by atoms with Gasteiger partial charge in [0, 0.05) is 24.2 Å². The van der Waals surface area contributed by atoms with Crippen molar-refractivity contribution < 1.29 is 0 Å². The van der Waals surface area contributed by atoms with Crippen LogP contribution in [0, 0.1) is 6.92 Å². The summed E-state index contributed by atoms with van der Waals surface area (Å²) in [6.45, 7) is 5.16. The molecule has 2 heteroatoms. The maximum atomic E-state index is 4.41. The van der Waals surface area contributed by atoms with Crippen LogP contribution in [0.4, 0.5) is 0 Å². The Morgan fingerprint density at radius 3 is 2.57 bits per heavy atom. The Bertz CT molecular complexity index is 727. The molecule has 0 saturated carbocycles. The van der Waals surface area contributed by atoms with Crippen molar-refractivity contribution in [2.45, 2.75) is 26.4 Å². The smallest absolute Gasteiger partial charge is 0.0705 e. The second-order valence-electron chi connectivity index (χ2n) is 5.50. The third-order valence-electron chi connectivity index (χ3n) is 3.92. The van der Waals surface area contributed by atoms with Crippen LogP contribution in [-0.4, -0.2) is 4.98 Å². The van der Waals surface area contributed by atoms with Gasteiger partial charge < -0.3 is 5.32 Å². The molecule has 3 aromatic rings. The Morgan fingerprint density at radius 2 is 1.76 bits per heavy atom. The second kappa shape index (κ2) is 6.06. The van der Waals surface area contributed by atoms with E-state index in [0.29, 0.717) is 6.04 Å². The molecule has 0 bridgehead atoms. The first-order chi connectivity index (χ1) is 10.2. The van der Waals surface area contributed by atoms with Crippen molar-refractivity contribution in [2.75, 3.05) is 0 Å². The summed E-state index contributed by atoms with van der Waals surface area (Å²) in [5.41, 5.74) is 4.96. The van der Waals surface area contributed by atoms with E-state index >= 15 is 0 Å². The van der Waals surface area contributed by atoms with Crippen LogP contribution in [0.25, 0.3) is 10.9 Å². The number of fused-ring (bicyclic) bond motifs is 1. The fourth-order valence-corrected chi connectivity index (χ4v) is 2.55. The molecule has 0 fully saturated rings. The molecule has 106 valence electrons. The number of aryl methyl sites for hydroxylation is 1. The first-order valence-corrected chi connectivity index (χ1v) is 7.36. The van der Waals surface area contributed by atoms with Crippen molar-refractivity contribution in [3.05, 3.63) is 77.5 Å². The Balaban J connectivity index is 1.76. The lowest BCUT2D eigenvalue weighted by Crippen LogP contribution is -2.18. The van der Waals surface area contributed by atoms with Crippen molar-refractivity contribution in [3.8, 4) is 0 Å². The first kappa shape index (κ1) is 13.8. The number of benzene rings is 2. The normalized spacial score (nSPS) is 12.5. The first-order valence-electron chi connectivity index (χ1n) is 7.36. The summed E-state index contributed by atoms with van der Waals surface area (Å²) >= 11 is 0. The van der Waals surface area contributed by atoms with Crippen molar-refractivity contribution in [1.29, 1.82) is 0 Å². The highest BCUT2D eigenvalue weighted by molar-refractivity contribution is 5.81. The van der Waals surface area contributed by atoms with Gasteiger partial charge >= 0.3 is 0 Å². The van der Waals surface area contributed by atoms with Gasteiger partial charge in [0.15, 0.2) is 0 Å². The minimum Gasteiger partial charge on any atom is -0.306 e. The summed E-state index contributed by atoms with van der Waals surface area (Å²) in [7, 11) is 0. The Labute approximate surface area is 125 Å². The molecular weight excluding hydrogens is 256 g/mol. The van der Waals surface area contributed by atoms with Gasteiger partial charge in [-0.3, -0.25) is 4.98 Å². The monoisotopic (exact) mass is 276 g/mol. The lowest BCUT2D eigenvalue weighted by Gasteiger charge is -2.15. The van der Waals surface area contributed by atoms with E-state index in [9.17, 15) is 0 Å². The van der Waals surface area contributed by atoms with Gasteiger partial charge in [0.05, 0.1) is 5.52 Å². The van der Waals surface area contributed by atoms with E-state index in [1.54, 1.807) is 0 Å². The number of nitrogens with one attached hydrogen (secondary N) is 1. The molecule has 2 aromatic carbocycles. The molecule has 0 saturated heterocycles. The van der Waals surface area contributed by atoms with Gasteiger partial charge in [-0.25, -0.2) is 0 Å². The zero-order chi connectivity index (χ0) is 14.7. The summed E-state index contributed by atoms with van der Waals surface area (Å²) in [6.07, 6.45) is 1.88. The third kappa shape index (κ3) is 3.11. The van der Waals surface area contributed by atoms with Gasteiger partial charge in [-0.05, 0) is 37.1 Å². The van der Waals surface area contributed by atoms with E-state index in [2.05, 4.69) is 72.7 Å². The average Bonchev–Trinajstić information content (AvgIpc) is 2.53. The lowest BCUT2D eigenvalue weighted by molar-refractivity contribution is 0.576. The number of rotatable bonds is 4. The quantitative estimate of drug-likeness (QED) is 0.764. The molecule has 21 heavy (non-hydrogen) atoms. The summed E-state index contributed by atoms with van der Waals surface area (Å²) in [4.78, 5) is 4.41. The van der Waals surface area contributed by atoms with E-state index in [1.807, 2.05) is 12.3 Å². The van der Waals surface area contributed by atoms with Crippen LogP contribution in [0.2, 0.25) is 0 Å². The molecule has 1 heterocycles.